The second-order valence-electron chi connectivity index (χ2n) is 4.16. The molecule has 1 aromatic carbocycles. The topological polar surface area (TPSA) is 79.0 Å². The Kier molecular flexibility index (Phi) is 4.21. The third-order valence-electron chi connectivity index (χ3n) is 2.62. The van der Waals surface area contributed by atoms with Crippen LogP contribution in [0.25, 0.3) is 0 Å². The predicted molar refractivity (Wildman–Crippen MR) is 74.3 cm³/mol. The fourth-order valence-electron chi connectivity index (χ4n) is 1.59. The fraction of sp³-hybridized carbons (Fsp3) is 0.0833. The van der Waals surface area contributed by atoms with Gasteiger partial charge >= 0.3 is 6.18 Å². The second kappa shape index (κ2) is 5.65. The third-order valence-corrected chi connectivity index (χ3v) is 4.31. The summed E-state index contributed by atoms with van der Waals surface area (Å²) in [5.74, 6) is 0. The number of hydrogen-bond donors (Lipinski definition) is 2. The molecule has 0 fully saturated rings. The van der Waals surface area contributed by atoms with Gasteiger partial charge in [-0.25, -0.2) is 8.42 Å². The van der Waals surface area contributed by atoms with Crippen molar-refractivity contribution in [2.75, 3.05) is 4.72 Å². The zero-order valence-corrected chi connectivity index (χ0v) is 12.2. The van der Waals surface area contributed by atoms with Gasteiger partial charge in [-0.3, -0.25) is 9.52 Å². The molecule has 2 rings (SSSR count). The highest BCUT2D eigenvalue weighted by molar-refractivity contribution is 7.92. The van der Waals surface area contributed by atoms with Crippen molar-refractivity contribution in [3.05, 3.63) is 57.5 Å². The highest BCUT2D eigenvalue weighted by Crippen LogP contribution is 2.36. The molecule has 0 atom stereocenters. The molecule has 0 aliphatic carbocycles. The Hall–Kier alpha value is -2.00. The summed E-state index contributed by atoms with van der Waals surface area (Å²) in [7, 11) is -4.36. The lowest BCUT2D eigenvalue weighted by Crippen LogP contribution is -2.20. The van der Waals surface area contributed by atoms with E-state index >= 15 is 0 Å². The first-order valence-electron chi connectivity index (χ1n) is 5.68. The van der Waals surface area contributed by atoms with Crippen LogP contribution < -0.4 is 10.3 Å². The zero-order valence-electron chi connectivity index (χ0n) is 10.6. The maximum Gasteiger partial charge on any atom is 0.417 e. The largest absolute Gasteiger partial charge is 0.417 e. The minimum absolute atomic E-state index is 0.314. The molecule has 0 radical (unpaired) electrons. The van der Waals surface area contributed by atoms with Crippen molar-refractivity contribution < 1.29 is 21.6 Å². The zero-order chi connectivity index (χ0) is 16.5. The number of hydrogen-bond acceptors (Lipinski definition) is 3. The van der Waals surface area contributed by atoms with Crippen molar-refractivity contribution in [1.29, 1.82) is 0 Å². The summed E-state index contributed by atoms with van der Waals surface area (Å²) in [6.45, 7) is 0. The van der Waals surface area contributed by atoms with Crippen LogP contribution in [0, 0.1) is 0 Å². The van der Waals surface area contributed by atoms with E-state index in [4.69, 9.17) is 11.6 Å². The Morgan fingerprint density at radius 3 is 2.45 bits per heavy atom. The molecule has 0 saturated carbocycles. The standard InChI is InChI=1S/C12H8ClF3N2O3S/c13-9-4-3-7(6-8(9)12(14,15)16)22(20,21)18-10-2-1-5-17-11(10)19/h1-6,18H,(H,17,19). The number of sulfonamides is 1. The number of halogens is 4. The van der Waals surface area contributed by atoms with Crippen molar-refractivity contribution in [3.63, 3.8) is 0 Å². The van der Waals surface area contributed by atoms with E-state index < -0.39 is 37.2 Å². The van der Waals surface area contributed by atoms with E-state index in [1.807, 2.05) is 4.72 Å². The van der Waals surface area contributed by atoms with Gasteiger partial charge in [-0.15, -0.1) is 0 Å². The average molecular weight is 353 g/mol. The number of alkyl halides is 3. The van der Waals surface area contributed by atoms with E-state index in [0.717, 1.165) is 12.1 Å². The molecule has 1 heterocycles. The maximum atomic E-state index is 12.8. The minimum atomic E-state index is -4.80. The van der Waals surface area contributed by atoms with Crippen LogP contribution in [0.2, 0.25) is 5.02 Å². The van der Waals surface area contributed by atoms with Crippen LogP contribution in [0.3, 0.4) is 0 Å². The monoisotopic (exact) mass is 352 g/mol. The summed E-state index contributed by atoms with van der Waals surface area (Å²) in [5, 5.41) is -0.621. The van der Waals surface area contributed by atoms with E-state index in [1.54, 1.807) is 0 Å². The van der Waals surface area contributed by atoms with E-state index in [1.165, 1.54) is 18.3 Å². The Balaban J connectivity index is 2.47. The van der Waals surface area contributed by atoms with Crippen molar-refractivity contribution in [3.8, 4) is 0 Å². The molecule has 10 heteroatoms. The molecule has 1 aromatic heterocycles. The molecule has 0 saturated heterocycles. The fourth-order valence-corrected chi connectivity index (χ4v) is 2.91. The number of H-pyrrole nitrogens is 1. The van der Waals surface area contributed by atoms with E-state index in [-0.39, 0.29) is 5.69 Å². The molecule has 22 heavy (non-hydrogen) atoms. The second-order valence-corrected chi connectivity index (χ2v) is 6.25. The molecule has 5 nitrogen and oxygen atoms in total. The van der Waals surface area contributed by atoms with Gasteiger partial charge in [-0.05, 0) is 30.3 Å². The highest BCUT2D eigenvalue weighted by Gasteiger charge is 2.34. The Bertz CT molecular complexity index is 862. The summed E-state index contributed by atoms with van der Waals surface area (Å²) in [5.41, 5.74) is -2.32. The number of rotatable bonds is 3. The molecule has 118 valence electrons. The first-order valence-corrected chi connectivity index (χ1v) is 7.54. The molecule has 0 bridgehead atoms. The molecular formula is C12H8ClF3N2O3S. The van der Waals surface area contributed by atoms with Gasteiger partial charge in [0.15, 0.2) is 0 Å². The van der Waals surface area contributed by atoms with Gasteiger partial charge < -0.3 is 4.98 Å². The van der Waals surface area contributed by atoms with Crippen LogP contribution in [0.4, 0.5) is 18.9 Å². The summed E-state index contributed by atoms with van der Waals surface area (Å²) in [6.07, 6.45) is -3.52. The lowest BCUT2D eigenvalue weighted by atomic mass is 10.2. The lowest BCUT2D eigenvalue weighted by Gasteiger charge is -2.12. The molecule has 0 aliphatic heterocycles. The van der Waals surface area contributed by atoms with Crippen LogP contribution in [0.1, 0.15) is 5.56 Å². The Morgan fingerprint density at radius 1 is 1.18 bits per heavy atom. The average Bonchev–Trinajstić information content (AvgIpc) is 2.40. The Morgan fingerprint density at radius 2 is 1.86 bits per heavy atom. The summed E-state index contributed by atoms with van der Waals surface area (Å²) >= 11 is 5.43. The maximum absolute atomic E-state index is 12.8. The number of nitrogens with one attached hydrogen (secondary N) is 2. The molecule has 0 amide bonds. The molecule has 0 unspecified atom stereocenters. The molecule has 0 aliphatic rings. The van der Waals surface area contributed by atoms with Crippen molar-refractivity contribution in [2.45, 2.75) is 11.1 Å². The number of benzene rings is 1. The summed E-state index contributed by atoms with van der Waals surface area (Å²) in [6, 6.07) is 4.69. The molecule has 0 spiro atoms. The Labute approximate surface area is 127 Å². The van der Waals surface area contributed by atoms with Crippen molar-refractivity contribution in [1.82, 2.24) is 4.98 Å². The van der Waals surface area contributed by atoms with Crippen LogP contribution in [0.5, 0.6) is 0 Å². The quantitative estimate of drug-likeness (QED) is 0.891. The van der Waals surface area contributed by atoms with Crippen LogP contribution in [-0.4, -0.2) is 13.4 Å². The first kappa shape index (κ1) is 16.4. The number of aromatic amines is 1. The van der Waals surface area contributed by atoms with Crippen molar-refractivity contribution in [2.24, 2.45) is 0 Å². The van der Waals surface area contributed by atoms with Crippen LogP contribution >= 0.6 is 11.6 Å². The van der Waals surface area contributed by atoms with Gasteiger partial charge in [0.1, 0.15) is 5.69 Å². The van der Waals surface area contributed by atoms with E-state index in [0.29, 0.717) is 6.07 Å². The van der Waals surface area contributed by atoms with Gasteiger partial charge in [-0.1, -0.05) is 11.6 Å². The number of pyridine rings is 1. The third kappa shape index (κ3) is 3.42. The van der Waals surface area contributed by atoms with Crippen molar-refractivity contribution >= 4 is 27.3 Å². The normalized spacial score (nSPS) is 12.2. The minimum Gasteiger partial charge on any atom is -0.327 e. The smallest absolute Gasteiger partial charge is 0.327 e. The molecular weight excluding hydrogens is 345 g/mol. The molecule has 2 aromatic rings. The van der Waals surface area contributed by atoms with Gasteiger partial charge in [0.2, 0.25) is 0 Å². The lowest BCUT2D eigenvalue weighted by molar-refractivity contribution is -0.137. The van der Waals surface area contributed by atoms with E-state index in [9.17, 15) is 26.4 Å². The van der Waals surface area contributed by atoms with E-state index in [2.05, 4.69) is 4.98 Å². The number of anilines is 1. The molecule has 2 N–H and O–H groups in total. The summed E-state index contributed by atoms with van der Waals surface area (Å²) in [4.78, 5) is 13.0. The highest BCUT2D eigenvalue weighted by atomic mass is 35.5. The van der Waals surface area contributed by atoms with Gasteiger partial charge in [0, 0.05) is 6.20 Å². The number of aromatic nitrogens is 1. The van der Waals surface area contributed by atoms with Gasteiger partial charge in [-0.2, -0.15) is 13.2 Å². The summed E-state index contributed by atoms with van der Waals surface area (Å²) < 4.78 is 64.3. The van der Waals surface area contributed by atoms with Gasteiger partial charge in [0.25, 0.3) is 15.6 Å². The predicted octanol–water partition coefficient (Wildman–Crippen LogP) is 2.85. The SMILES string of the molecule is O=c1[nH]cccc1NS(=O)(=O)c1ccc(Cl)c(C(F)(F)F)c1. The first-order chi connectivity index (χ1) is 10.1. The van der Waals surface area contributed by atoms with Gasteiger partial charge in [0.05, 0.1) is 15.5 Å². The van der Waals surface area contributed by atoms with Crippen LogP contribution in [-0.2, 0) is 16.2 Å². The van der Waals surface area contributed by atoms with Crippen LogP contribution in [0.15, 0.2) is 46.2 Å².